The van der Waals surface area contributed by atoms with E-state index in [2.05, 4.69) is 15.3 Å². The number of carbonyl (C=O) groups is 1. The van der Waals surface area contributed by atoms with E-state index in [9.17, 15) is 9.18 Å². The van der Waals surface area contributed by atoms with E-state index in [1.165, 1.54) is 12.1 Å². The summed E-state index contributed by atoms with van der Waals surface area (Å²) in [6.45, 7) is 2.68. The molecular formula is C24H23FN6O2. The molecule has 1 aromatic carbocycles. The first-order chi connectivity index (χ1) is 16.0. The van der Waals surface area contributed by atoms with Gasteiger partial charge in [0.05, 0.1) is 17.9 Å². The van der Waals surface area contributed by atoms with Crippen molar-refractivity contribution in [2.75, 3.05) is 12.3 Å². The van der Waals surface area contributed by atoms with Crippen LogP contribution in [0.25, 0.3) is 28.2 Å². The number of pyridine rings is 1. The minimum atomic E-state index is -0.441. The summed E-state index contributed by atoms with van der Waals surface area (Å²) < 4.78 is 20.9. The molecule has 1 saturated heterocycles. The van der Waals surface area contributed by atoms with Crippen molar-refractivity contribution in [3.63, 3.8) is 0 Å². The summed E-state index contributed by atoms with van der Waals surface area (Å²) >= 11 is 0. The quantitative estimate of drug-likeness (QED) is 0.487. The van der Waals surface area contributed by atoms with E-state index >= 15 is 0 Å². The number of anilines is 1. The molecule has 1 aliphatic heterocycles. The monoisotopic (exact) mass is 446 g/mol. The number of halogens is 1. The molecule has 5 rings (SSSR count). The molecule has 0 aliphatic carbocycles. The number of nitrogens with one attached hydrogen (secondary N) is 1. The van der Waals surface area contributed by atoms with Crippen molar-refractivity contribution >= 4 is 17.4 Å². The molecule has 1 fully saturated rings. The summed E-state index contributed by atoms with van der Waals surface area (Å²) in [4.78, 5) is 26.1. The standard InChI is InChI=1S/C24H23FN6O2/c1-14-11-27-20-9-6-16(13-31(14)20)22-21(15-4-7-17(25)8-5-15)30-23(26)18(29-22)12-28-24(32)19-3-2-10-33-19/h4-9,11,13,19H,2-3,10,12H2,1H3,(H2,26,30)(H,28,32). The van der Waals surface area contributed by atoms with Crippen LogP contribution in [0.3, 0.4) is 0 Å². The molecule has 1 amide bonds. The van der Waals surface area contributed by atoms with Gasteiger partial charge in [-0.25, -0.2) is 19.3 Å². The lowest BCUT2D eigenvalue weighted by Gasteiger charge is -2.15. The van der Waals surface area contributed by atoms with Gasteiger partial charge in [0.2, 0.25) is 5.91 Å². The predicted molar refractivity (Wildman–Crippen MR) is 122 cm³/mol. The van der Waals surface area contributed by atoms with Gasteiger partial charge in [0.25, 0.3) is 0 Å². The number of nitrogens with two attached hydrogens (primary N) is 1. The van der Waals surface area contributed by atoms with Crippen molar-refractivity contribution in [2.24, 2.45) is 0 Å². The van der Waals surface area contributed by atoms with Gasteiger partial charge in [0, 0.05) is 35.8 Å². The number of aromatic nitrogens is 4. The second kappa shape index (κ2) is 8.59. The normalized spacial score (nSPS) is 15.8. The molecule has 1 unspecified atom stereocenters. The van der Waals surface area contributed by atoms with Gasteiger partial charge in [-0.3, -0.25) is 4.79 Å². The van der Waals surface area contributed by atoms with Crippen LogP contribution in [-0.4, -0.2) is 38.0 Å². The molecule has 3 aromatic heterocycles. The largest absolute Gasteiger partial charge is 0.382 e. The van der Waals surface area contributed by atoms with Gasteiger partial charge in [-0.1, -0.05) is 0 Å². The van der Waals surface area contributed by atoms with E-state index in [1.54, 1.807) is 18.3 Å². The fourth-order valence-electron chi connectivity index (χ4n) is 3.94. The maximum absolute atomic E-state index is 13.5. The summed E-state index contributed by atoms with van der Waals surface area (Å²) in [5, 5.41) is 2.85. The molecule has 0 saturated carbocycles. The van der Waals surface area contributed by atoms with E-state index in [0.717, 1.165) is 23.3 Å². The molecule has 0 spiro atoms. The number of hydrogen-bond donors (Lipinski definition) is 2. The summed E-state index contributed by atoms with van der Waals surface area (Å²) in [6, 6.07) is 9.83. The number of nitrogen functional groups attached to an aromatic ring is 1. The number of imidazole rings is 1. The van der Waals surface area contributed by atoms with E-state index in [0.29, 0.717) is 35.7 Å². The number of hydrogen-bond acceptors (Lipinski definition) is 6. The number of nitrogens with zero attached hydrogens (tertiary/aromatic N) is 4. The third-order valence-electron chi connectivity index (χ3n) is 5.73. The Labute approximate surface area is 189 Å². The smallest absolute Gasteiger partial charge is 0.249 e. The number of rotatable bonds is 5. The minimum Gasteiger partial charge on any atom is -0.382 e. The van der Waals surface area contributed by atoms with Crippen molar-refractivity contribution in [1.29, 1.82) is 0 Å². The number of ether oxygens (including phenoxy) is 1. The lowest BCUT2D eigenvalue weighted by atomic mass is 10.0. The summed E-state index contributed by atoms with van der Waals surface area (Å²) in [5.41, 5.74) is 11.0. The van der Waals surface area contributed by atoms with Crippen LogP contribution >= 0.6 is 0 Å². The zero-order chi connectivity index (χ0) is 22.9. The molecule has 0 bridgehead atoms. The average Bonchev–Trinajstić information content (AvgIpc) is 3.49. The highest BCUT2D eigenvalue weighted by Crippen LogP contribution is 2.31. The zero-order valence-electron chi connectivity index (χ0n) is 18.1. The third kappa shape index (κ3) is 4.14. The van der Waals surface area contributed by atoms with E-state index in [4.69, 9.17) is 15.5 Å². The second-order valence-corrected chi connectivity index (χ2v) is 8.02. The molecule has 0 radical (unpaired) electrons. The molecule has 8 nitrogen and oxygen atoms in total. The van der Waals surface area contributed by atoms with Gasteiger partial charge in [0.15, 0.2) is 0 Å². The van der Waals surface area contributed by atoms with Gasteiger partial charge in [-0.15, -0.1) is 0 Å². The zero-order valence-corrected chi connectivity index (χ0v) is 18.1. The number of fused-ring (bicyclic) bond motifs is 1. The second-order valence-electron chi connectivity index (χ2n) is 8.02. The maximum atomic E-state index is 13.5. The van der Waals surface area contributed by atoms with Crippen LogP contribution < -0.4 is 11.1 Å². The lowest BCUT2D eigenvalue weighted by Crippen LogP contribution is -2.34. The van der Waals surface area contributed by atoms with Crippen molar-refractivity contribution in [1.82, 2.24) is 24.7 Å². The Kier molecular flexibility index (Phi) is 5.47. The van der Waals surface area contributed by atoms with Crippen LogP contribution in [0.5, 0.6) is 0 Å². The van der Waals surface area contributed by atoms with Gasteiger partial charge in [-0.05, 0) is 56.2 Å². The van der Waals surface area contributed by atoms with Crippen molar-refractivity contribution < 1.29 is 13.9 Å². The molecule has 4 aromatic rings. The molecule has 168 valence electrons. The topological polar surface area (TPSA) is 107 Å². The van der Waals surface area contributed by atoms with Gasteiger partial charge >= 0.3 is 0 Å². The molecule has 9 heteroatoms. The molecule has 1 atom stereocenters. The Balaban J connectivity index is 1.56. The fourth-order valence-corrected chi connectivity index (χ4v) is 3.94. The highest BCUT2D eigenvalue weighted by molar-refractivity contribution is 5.82. The summed E-state index contributed by atoms with van der Waals surface area (Å²) in [7, 11) is 0. The number of amides is 1. The van der Waals surface area contributed by atoms with Crippen LogP contribution in [0.2, 0.25) is 0 Å². The molecule has 3 N–H and O–H groups in total. The van der Waals surface area contributed by atoms with Crippen LogP contribution in [-0.2, 0) is 16.1 Å². The van der Waals surface area contributed by atoms with Crippen LogP contribution in [0.4, 0.5) is 10.2 Å². The Morgan fingerprint density at radius 3 is 2.70 bits per heavy atom. The third-order valence-corrected chi connectivity index (χ3v) is 5.73. The van der Waals surface area contributed by atoms with Gasteiger partial charge < -0.3 is 20.2 Å². The van der Waals surface area contributed by atoms with Crippen LogP contribution in [0, 0.1) is 12.7 Å². The molecule has 33 heavy (non-hydrogen) atoms. The Hall–Kier alpha value is -3.85. The van der Waals surface area contributed by atoms with Crippen molar-refractivity contribution in [3.8, 4) is 22.5 Å². The van der Waals surface area contributed by atoms with Gasteiger partial charge in [0.1, 0.15) is 29.1 Å². The first kappa shape index (κ1) is 21.0. The first-order valence-corrected chi connectivity index (χ1v) is 10.8. The Bertz CT molecular complexity index is 1330. The van der Waals surface area contributed by atoms with Crippen LogP contribution in [0.15, 0.2) is 48.8 Å². The SMILES string of the molecule is Cc1cnc2ccc(-c3nc(CNC(=O)C4CCCO4)c(N)nc3-c3ccc(F)cc3)cn12. The highest BCUT2D eigenvalue weighted by Gasteiger charge is 2.24. The summed E-state index contributed by atoms with van der Waals surface area (Å²) in [5.74, 6) is -0.330. The average molecular weight is 446 g/mol. The number of benzene rings is 1. The molecular weight excluding hydrogens is 423 g/mol. The first-order valence-electron chi connectivity index (χ1n) is 10.8. The van der Waals surface area contributed by atoms with Crippen LogP contribution in [0.1, 0.15) is 24.2 Å². The van der Waals surface area contributed by atoms with Crippen molar-refractivity contribution in [3.05, 3.63) is 66.0 Å². The minimum absolute atomic E-state index is 0.126. The van der Waals surface area contributed by atoms with E-state index in [-0.39, 0.29) is 24.1 Å². The summed E-state index contributed by atoms with van der Waals surface area (Å²) in [6.07, 6.45) is 4.85. The molecule has 1 aliphatic rings. The molecule has 4 heterocycles. The fraction of sp³-hybridized carbons (Fsp3) is 0.250. The highest BCUT2D eigenvalue weighted by atomic mass is 19.1. The number of aryl methyl sites for hydroxylation is 1. The maximum Gasteiger partial charge on any atom is 0.249 e. The van der Waals surface area contributed by atoms with E-state index in [1.807, 2.05) is 29.7 Å². The predicted octanol–water partition coefficient (Wildman–Crippen LogP) is 3.28. The van der Waals surface area contributed by atoms with Gasteiger partial charge in [-0.2, -0.15) is 0 Å². The Morgan fingerprint density at radius 2 is 1.94 bits per heavy atom. The number of carbonyl (C=O) groups excluding carboxylic acids is 1. The van der Waals surface area contributed by atoms with E-state index < -0.39 is 6.10 Å². The van der Waals surface area contributed by atoms with Crippen molar-refractivity contribution in [2.45, 2.75) is 32.4 Å². The Morgan fingerprint density at radius 1 is 1.18 bits per heavy atom. The lowest BCUT2D eigenvalue weighted by molar-refractivity contribution is -0.130.